The maximum absolute atomic E-state index is 11.3. The van der Waals surface area contributed by atoms with Gasteiger partial charge in [0, 0.05) is 0 Å². The van der Waals surface area contributed by atoms with Crippen molar-refractivity contribution in [2.45, 2.75) is 25.4 Å². The summed E-state index contributed by atoms with van der Waals surface area (Å²) in [5.74, 6) is -4.29. The van der Waals surface area contributed by atoms with Gasteiger partial charge < -0.3 is 19.7 Å². The molecule has 0 spiro atoms. The summed E-state index contributed by atoms with van der Waals surface area (Å²) in [6.07, 6.45) is -0.358. The summed E-state index contributed by atoms with van der Waals surface area (Å²) >= 11 is 0. The molecule has 9 nitrogen and oxygen atoms in total. The van der Waals surface area contributed by atoms with Crippen molar-refractivity contribution in [1.82, 2.24) is 0 Å². The van der Waals surface area contributed by atoms with E-state index in [0.29, 0.717) is 6.42 Å². The van der Waals surface area contributed by atoms with Crippen LogP contribution in [0.4, 0.5) is 0 Å². The lowest BCUT2D eigenvalue weighted by Crippen LogP contribution is -2.57. The molecule has 0 saturated carbocycles. The second-order valence-electron chi connectivity index (χ2n) is 3.39. The van der Waals surface area contributed by atoms with Crippen LogP contribution in [0.5, 0.6) is 0 Å². The van der Waals surface area contributed by atoms with Crippen LogP contribution in [0.2, 0.25) is 0 Å². The van der Waals surface area contributed by atoms with Crippen molar-refractivity contribution in [1.29, 1.82) is 0 Å². The monoisotopic (exact) mass is 286 g/mol. The lowest BCUT2D eigenvalue weighted by atomic mass is 10.3. The fraction of sp³-hybridized carbons (Fsp3) is 0.875. The van der Waals surface area contributed by atoms with Crippen LogP contribution >= 0.6 is 0 Å². The Morgan fingerprint density at radius 2 is 2.06 bits per heavy atom. The minimum atomic E-state index is -4.31. The second kappa shape index (κ2) is 5.91. The molecule has 1 saturated heterocycles. The SMILES string of the molecule is CCC(COCCO)OC(=O)C1(O)OS(=O)(=O)O1. The minimum Gasteiger partial charge on any atom is -0.454 e. The van der Waals surface area contributed by atoms with Crippen LogP contribution in [0.15, 0.2) is 0 Å². The van der Waals surface area contributed by atoms with Crippen LogP contribution in [0.3, 0.4) is 0 Å². The number of hydrogen-bond donors (Lipinski definition) is 2. The molecule has 1 heterocycles. The average molecular weight is 286 g/mol. The molecule has 1 fully saturated rings. The van der Waals surface area contributed by atoms with E-state index in [0.717, 1.165) is 0 Å². The fourth-order valence-corrected chi connectivity index (χ4v) is 1.79. The first-order chi connectivity index (χ1) is 8.33. The third-order valence-corrected chi connectivity index (χ3v) is 2.82. The van der Waals surface area contributed by atoms with Gasteiger partial charge in [-0.3, -0.25) is 0 Å². The van der Waals surface area contributed by atoms with E-state index in [-0.39, 0.29) is 19.8 Å². The quantitative estimate of drug-likeness (QED) is 0.413. The van der Waals surface area contributed by atoms with Gasteiger partial charge in [0.15, 0.2) is 0 Å². The van der Waals surface area contributed by atoms with E-state index in [4.69, 9.17) is 14.6 Å². The Labute approximate surface area is 104 Å². The summed E-state index contributed by atoms with van der Waals surface area (Å²) in [5.41, 5.74) is 0. The largest absolute Gasteiger partial charge is 0.454 e. The molecular formula is C8H14O9S. The van der Waals surface area contributed by atoms with E-state index in [1.165, 1.54) is 0 Å². The molecule has 0 aromatic rings. The molecule has 1 aliphatic heterocycles. The molecule has 0 aromatic carbocycles. The fourth-order valence-electron chi connectivity index (χ4n) is 1.09. The Morgan fingerprint density at radius 1 is 1.44 bits per heavy atom. The van der Waals surface area contributed by atoms with E-state index in [9.17, 15) is 18.3 Å². The molecule has 1 unspecified atom stereocenters. The Balaban J connectivity index is 2.43. The molecule has 1 rings (SSSR count). The Hall–Kier alpha value is -0.780. The van der Waals surface area contributed by atoms with Gasteiger partial charge in [-0.25, -0.2) is 4.79 Å². The zero-order valence-electron chi connectivity index (χ0n) is 9.57. The highest BCUT2D eigenvalue weighted by Crippen LogP contribution is 2.29. The van der Waals surface area contributed by atoms with E-state index in [1.54, 1.807) is 6.92 Å². The van der Waals surface area contributed by atoms with Crippen molar-refractivity contribution in [2.75, 3.05) is 19.8 Å². The van der Waals surface area contributed by atoms with Gasteiger partial charge >= 0.3 is 22.3 Å². The van der Waals surface area contributed by atoms with Crippen molar-refractivity contribution in [3.05, 3.63) is 0 Å². The molecule has 106 valence electrons. The van der Waals surface area contributed by atoms with Crippen molar-refractivity contribution in [3.8, 4) is 0 Å². The normalized spacial score (nSPS) is 21.9. The summed E-state index contributed by atoms with van der Waals surface area (Å²) in [7, 11) is -4.31. The predicted molar refractivity (Wildman–Crippen MR) is 54.1 cm³/mol. The maximum atomic E-state index is 11.3. The lowest BCUT2D eigenvalue weighted by molar-refractivity contribution is -0.318. The van der Waals surface area contributed by atoms with Crippen molar-refractivity contribution >= 4 is 16.4 Å². The highest BCUT2D eigenvalue weighted by molar-refractivity contribution is 7.82. The molecular weight excluding hydrogens is 272 g/mol. The van der Waals surface area contributed by atoms with E-state index >= 15 is 0 Å². The molecule has 0 bridgehead atoms. The summed E-state index contributed by atoms with van der Waals surface area (Å²) in [6, 6.07) is 0. The number of esters is 1. The van der Waals surface area contributed by atoms with Crippen LogP contribution in [0.1, 0.15) is 13.3 Å². The van der Waals surface area contributed by atoms with Crippen LogP contribution < -0.4 is 0 Å². The topological polar surface area (TPSA) is 129 Å². The van der Waals surface area contributed by atoms with Gasteiger partial charge in [-0.15, -0.1) is 0 Å². The van der Waals surface area contributed by atoms with Gasteiger partial charge in [-0.2, -0.15) is 16.8 Å². The van der Waals surface area contributed by atoms with Gasteiger partial charge in [0.1, 0.15) is 6.10 Å². The summed E-state index contributed by atoms with van der Waals surface area (Å²) in [4.78, 5) is 11.3. The van der Waals surface area contributed by atoms with Gasteiger partial charge in [0.2, 0.25) is 0 Å². The molecule has 18 heavy (non-hydrogen) atoms. The standard InChI is InChI=1S/C8H14O9S/c1-2-6(5-14-4-3-9)15-7(10)8(11)16-18(12,13)17-8/h6,9,11H,2-5H2,1H3. The summed E-state index contributed by atoms with van der Waals surface area (Å²) < 4.78 is 38.5. The van der Waals surface area contributed by atoms with Crippen molar-refractivity contribution in [3.63, 3.8) is 0 Å². The third kappa shape index (κ3) is 3.86. The van der Waals surface area contributed by atoms with Crippen LogP contribution in [-0.2, 0) is 33.0 Å². The van der Waals surface area contributed by atoms with Crippen LogP contribution in [-0.4, -0.2) is 56.5 Å². The van der Waals surface area contributed by atoms with Gasteiger partial charge in [0.05, 0.1) is 19.8 Å². The number of carbonyl (C=O) groups excluding carboxylic acids is 1. The number of ether oxygens (including phenoxy) is 2. The first kappa shape index (κ1) is 15.3. The molecule has 2 N–H and O–H groups in total. The summed E-state index contributed by atoms with van der Waals surface area (Å²) in [6.45, 7) is 1.56. The number of rotatable bonds is 7. The first-order valence-electron chi connectivity index (χ1n) is 5.11. The Bertz CT molecular complexity index is 377. The average Bonchev–Trinajstić information content (AvgIpc) is 2.24. The molecule has 0 radical (unpaired) electrons. The first-order valence-corrected chi connectivity index (χ1v) is 6.44. The lowest BCUT2D eigenvalue weighted by Gasteiger charge is -2.32. The number of aliphatic hydroxyl groups excluding tert-OH is 1. The van der Waals surface area contributed by atoms with Crippen LogP contribution in [0.25, 0.3) is 0 Å². The Kier molecular flexibility index (Phi) is 5.01. The molecule has 0 amide bonds. The molecule has 10 heteroatoms. The second-order valence-corrected chi connectivity index (χ2v) is 4.54. The molecule has 1 aliphatic rings. The number of aliphatic hydroxyl groups is 2. The van der Waals surface area contributed by atoms with E-state index in [2.05, 4.69) is 8.37 Å². The molecule has 0 aliphatic carbocycles. The van der Waals surface area contributed by atoms with E-state index in [1.807, 2.05) is 0 Å². The summed E-state index contributed by atoms with van der Waals surface area (Å²) in [5, 5.41) is 17.7. The van der Waals surface area contributed by atoms with Crippen molar-refractivity contribution < 1.29 is 41.3 Å². The molecule has 0 aromatic heterocycles. The Morgan fingerprint density at radius 3 is 2.50 bits per heavy atom. The highest BCUT2D eigenvalue weighted by Gasteiger charge is 2.59. The van der Waals surface area contributed by atoms with Gasteiger partial charge in [-0.1, -0.05) is 6.92 Å². The minimum absolute atomic E-state index is 0.00830. The van der Waals surface area contributed by atoms with Gasteiger partial charge in [0.25, 0.3) is 0 Å². The highest BCUT2D eigenvalue weighted by atomic mass is 32.3. The van der Waals surface area contributed by atoms with Gasteiger partial charge in [-0.05, 0) is 6.42 Å². The zero-order valence-corrected chi connectivity index (χ0v) is 10.4. The van der Waals surface area contributed by atoms with Crippen LogP contribution in [0, 0.1) is 0 Å². The smallest absolute Gasteiger partial charge is 0.416 e. The van der Waals surface area contributed by atoms with Crippen molar-refractivity contribution in [2.24, 2.45) is 0 Å². The zero-order chi connectivity index (χ0) is 13.8. The molecule has 1 atom stereocenters. The third-order valence-electron chi connectivity index (χ3n) is 1.96. The van der Waals surface area contributed by atoms with E-state index < -0.39 is 28.4 Å². The maximum Gasteiger partial charge on any atom is 0.416 e. The number of carbonyl (C=O) groups is 1. The predicted octanol–water partition coefficient (Wildman–Crippen LogP) is -1.75. The number of hydrogen-bond acceptors (Lipinski definition) is 9.